The Kier molecular flexibility index (Phi) is 3.38. The standard InChI is InChI=1S/C11H14N3O2/c12-11(15)14-9-4-2-1-3-8(9)10-7-13-5-6-16-10/h1-4,10H,5-7H2,(H3,12,14,15). The maximum Gasteiger partial charge on any atom is 0.316 e. The Labute approximate surface area is 94.0 Å². The lowest BCUT2D eigenvalue weighted by Gasteiger charge is -2.24. The number of hydrogen-bond acceptors (Lipinski definition) is 2. The van der Waals surface area contributed by atoms with Crippen LogP contribution in [0, 0.1) is 0 Å². The van der Waals surface area contributed by atoms with E-state index in [0.29, 0.717) is 18.8 Å². The van der Waals surface area contributed by atoms with Crippen LogP contribution in [0.5, 0.6) is 0 Å². The summed E-state index contributed by atoms with van der Waals surface area (Å²) in [5.41, 5.74) is 6.72. The molecule has 1 aromatic rings. The Morgan fingerprint density at radius 2 is 2.31 bits per heavy atom. The van der Waals surface area contributed by atoms with Gasteiger partial charge in [0.2, 0.25) is 0 Å². The highest BCUT2D eigenvalue weighted by atomic mass is 16.5. The number of ether oxygens (including phenoxy) is 1. The van der Waals surface area contributed by atoms with Crippen molar-refractivity contribution in [2.45, 2.75) is 6.10 Å². The van der Waals surface area contributed by atoms with Crippen LogP contribution in [-0.2, 0) is 4.74 Å². The van der Waals surface area contributed by atoms with Crippen LogP contribution in [0.2, 0.25) is 0 Å². The van der Waals surface area contributed by atoms with E-state index in [4.69, 9.17) is 10.5 Å². The smallest absolute Gasteiger partial charge is 0.316 e. The number of anilines is 1. The number of morpholine rings is 1. The van der Waals surface area contributed by atoms with Crippen LogP contribution in [0.4, 0.5) is 10.5 Å². The van der Waals surface area contributed by atoms with E-state index in [1.807, 2.05) is 18.2 Å². The molecule has 5 heteroatoms. The number of rotatable bonds is 2. The molecule has 1 heterocycles. The Hall–Kier alpha value is -1.59. The SMILES string of the molecule is NC(=O)Nc1ccccc1C1C[N]CCO1. The van der Waals surface area contributed by atoms with Crippen molar-refractivity contribution in [2.75, 3.05) is 25.0 Å². The molecule has 0 aliphatic carbocycles. The van der Waals surface area contributed by atoms with Crippen LogP contribution in [0.3, 0.4) is 0 Å². The average molecular weight is 220 g/mol. The summed E-state index contributed by atoms with van der Waals surface area (Å²) in [6.07, 6.45) is -0.0863. The van der Waals surface area contributed by atoms with E-state index in [-0.39, 0.29) is 6.10 Å². The number of hydrogen-bond donors (Lipinski definition) is 2. The summed E-state index contributed by atoms with van der Waals surface area (Å²) in [6.45, 7) is 1.98. The number of nitrogens with one attached hydrogen (secondary N) is 1. The van der Waals surface area contributed by atoms with Crippen molar-refractivity contribution in [3.63, 3.8) is 0 Å². The summed E-state index contributed by atoms with van der Waals surface area (Å²) < 4.78 is 5.60. The van der Waals surface area contributed by atoms with Crippen molar-refractivity contribution in [3.8, 4) is 0 Å². The number of amides is 2. The number of carbonyl (C=O) groups excluding carboxylic acids is 1. The number of benzene rings is 1. The first kappa shape index (κ1) is 10.9. The highest BCUT2D eigenvalue weighted by Crippen LogP contribution is 2.26. The molecule has 16 heavy (non-hydrogen) atoms. The van der Waals surface area contributed by atoms with Crippen molar-refractivity contribution < 1.29 is 9.53 Å². The number of nitrogens with two attached hydrogens (primary N) is 1. The normalized spacial score (nSPS) is 20.4. The maximum absolute atomic E-state index is 10.9. The van der Waals surface area contributed by atoms with E-state index in [9.17, 15) is 4.79 Å². The molecule has 0 aromatic heterocycles. The van der Waals surface area contributed by atoms with E-state index < -0.39 is 6.03 Å². The van der Waals surface area contributed by atoms with E-state index in [1.165, 1.54) is 0 Å². The zero-order chi connectivity index (χ0) is 11.4. The molecule has 1 aromatic carbocycles. The maximum atomic E-state index is 10.9. The Balaban J connectivity index is 2.20. The summed E-state index contributed by atoms with van der Waals surface area (Å²) in [4.78, 5) is 10.9. The lowest BCUT2D eigenvalue weighted by atomic mass is 10.1. The highest BCUT2D eigenvalue weighted by Gasteiger charge is 2.19. The third-order valence-corrected chi connectivity index (χ3v) is 2.43. The zero-order valence-electron chi connectivity index (χ0n) is 8.85. The van der Waals surface area contributed by atoms with Crippen LogP contribution in [0.15, 0.2) is 24.3 Å². The number of primary amides is 1. The first-order valence-electron chi connectivity index (χ1n) is 5.17. The molecule has 85 valence electrons. The highest BCUT2D eigenvalue weighted by molar-refractivity contribution is 5.88. The molecule has 0 spiro atoms. The van der Waals surface area contributed by atoms with E-state index in [1.54, 1.807) is 6.07 Å². The van der Waals surface area contributed by atoms with Gasteiger partial charge in [0.05, 0.1) is 12.7 Å². The van der Waals surface area contributed by atoms with Crippen LogP contribution in [0.25, 0.3) is 0 Å². The second-order valence-electron chi connectivity index (χ2n) is 3.57. The van der Waals surface area contributed by atoms with Crippen LogP contribution >= 0.6 is 0 Å². The quantitative estimate of drug-likeness (QED) is 0.775. The van der Waals surface area contributed by atoms with Crippen molar-refractivity contribution in [1.82, 2.24) is 5.32 Å². The van der Waals surface area contributed by atoms with E-state index in [0.717, 1.165) is 12.1 Å². The largest absolute Gasteiger partial charge is 0.371 e. The molecule has 2 amide bonds. The van der Waals surface area contributed by atoms with Gasteiger partial charge in [-0.2, -0.15) is 0 Å². The van der Waals surface area contributed by atoms with Gasteiger partial charge in [0.1, 0.15) is 0 Å². The average Bonchev–Trinajstić information content (AvgIpc) is 2.30. The molecular formula is C11H14N3O2. The molecule has 1 radical (unpaired) electrons. The molecule has 1 aliphatic rings. The summed E-state index contributed by atoms with van der Waals surface area (Å²) in [5.74, 6) is 0. The zero-order valence-corrected chi connectivity index (χ0v) is 8.85. The predicted molar refractivity (Wildman–Crippen MR) is 60.2 cm³/mol. The molecule has 0 saturated carbocycles. The fraction of sp³-hybridized carbons (Fsp3) is 0.364. The first-order chi connectivity index (χ1) is 7.77. The third-order valence-electron chi connectivity index (χ3n) is 2.43. The Bertz CT molecular complexity index is 375. The monoisotopic (exact) mass is 220 g/mol. The van der Waals surface area contributed by atoms with Gasteiger partial charge in [-0.15, -0.1) is 0 Å². The number of para-hydroxylation sites is 1. The van der Waals surface area contributed by atoms with E-state index >= 15 is 0 Å². The van der Waals surface area contributed by atoms with Crippen LogP contribution in [-0.4, -0.2) is 25.7 Å². The van der Waals surface area contributed by atoms with Gasteiger partial charge in [0, 0.05) is 24.3 Å². The van der Waals surface area contributed by atoms with Gasteiger partial charge in [-0.1, -0.05) is 18.2 Å². The summed E-state index contributed by atoms with van der Waals surface area (Å²) in [7, 11) is 0. The van der Waals surface area contributed by atoms with Gasteiger partial charge >= 0.3 is 6.03 Å². The summed E-state index contributed by atoms with van der Waals surface area (Å²) in [6, 6.07) is 6.89. The molecule has 1 saturated heterocycles. The van der Waals surface area contributed by atoms with E-state index in [2.05, 4.69) is 10.6 Å². The molecule has 5 nitrogen and oxygen atoms in total. The molecule has 1 fully saturated rings. The van der Waals surface area contributed by atoms with Crippen LogP contribution in [0.1, 0.15) is 11.7 Å². The molecular weight excluding hydrogens is 206 g/mol. The van der Waals surface area contributed by atoms with Gasteiger partial charge < -0.3 is 15.8 Å². The number of urea groups is 1. The Morgan fingerprint density at radius 3 is 3.00 bits per heavy atom. The Morgan fingerprint density at radius 1 is 1.50 bits per heavy atom. The van der Waals surface area contributed by atoms with Gasteiger partial charge in [-0.3, -0.25) is 0 Å². The minimum absolute atomic E-state index is 0.0863. The fourth-order valence-electron chi connectivity index (χ4n) is 1.73. The molecule has 1 aliphatic heterocycles. The number of carbonyl (C=O) groups is 1. The lowest BCUT2D eigenvalue weighted by Crippen LogP contribution is -2.29. The summed E-state index contributed by atoms with van der Waals surface area (Å²) in [5, 5.41) is 6.87. The summed E-state index contributed by atoms with van der Waals surface area (Å²) >= 11 is 0. The second-order valence-corrected chi connectivity index (χ2v) is 3.57. The second kappa shape index (κ2) is 4.96. The molecule has 3 N–H and O–H groups in total. The van der Waals surface area contributed by atoms with Gasteiger partial charge in [0.25, 0.3) is 0 Å². The number of nitrogens with zero attached hydrogens (tertiary/aromatic N) is 1. The third kappa shape index (κ3) is 2.50. The molecule has 1 unspecified atom stereocenters. The molecule has 0 bridgehead atoms. The van der Waals surface area contributed by atoms with Gasteiger partial charge in [-0.05, 0) is 6.07 Å². The van der Waals surface area contributed by atoms with Crippen molar-refractivity contribution >= 4 is 11.7 Å². The first-order valence-corrected chi connectivity index (χ1v) is 5.17. The lowest BCUT2D eigenvalue weighted by molar-refractivity contribution is 0.0265. The van der Waals surface area contributed by atoms with Crippen molar-refractivity contribution in [3.05, 3.63) is 29.8 Å². The fourth-order valence-corrected chi connectivity index (χ4v) is 1.73. The molecule has 1 atom stereocenters. The predicted octanol–water partition coefficient (Wildman–Crippen LogP) is 0.853. The van der Waals surface area contributed by atoms with Crippen LogP contribution < -0.4 is 16.4 Å². The minimum Gasteiger partial charge on any atom is -0.371 e. The van der Waals surface area contributed by atoms with Crippen molar-refractivity contribution in [2.24, 2.45) is 5.73 Å². The van der Waals surface area contributed by atoms with Gasteiger partial charge in [-0.25, -0.2) is 10.1 Å². The van der Waals surface area contributed by atoms with Gasteiger partial charge in [0.15, 0.2) is 0 Å². The molecule has 2 rings (SSSR count). The minimum atomic E-state index is -0.569. The van der Waals surface area contributed by atoms with Crippen molar-refractivity contribution in [1.29, 1.82) is 0 Å². The topological polar surface area (TPSA) is 78.5 Å².